The molecular formula is C16H17F2N3O2. The number of benzene rings is 1. The molecule has 1 aromatic heterocycles. The topological polar surface area (TPSA) is 56.2 Å². The van der Waals surface area contributed by atoms with Gasteiger partial charge in [0.2, 0.25) is 0 Å². The highest BCUT2D eigenvalue weighted by atomic mass is 19.1. The molecular weight excluding hydrogens is 304 g/mol. The van der Waals surface area contributed by atoms with E-state index >= 15 is 0 Å². The average Bonchev–Trinajstić information content (AvgIpc) is 3.16. The van der Waals surface area contributed by atoms with Crippen molar-refractivity contribution in [2.75, 3.05) is 13.2 Å². The van der Waals surface area contributed by atoms with Crippen molar-refractivity contribution in [2.45, 2.75) is 18.9 Å². The summed E-state index contributed by atoms with van der Waals surface area (Å²) in [5, 5.41) is 6.96. The standard InChI is InChI=1S/C16H17F2N3O2/c1-21-8-13(15(20-21)10-4-5-23-9-10)16(22)19-7-11-6-12(17)2-3-14(11)18/h2-3,6,8,10H,4-5,7,9H2,1H3,(H,19,22)/t10-/m1/s1. The van der Waals surface area contributed by atoms with Gasteiger partial charge in [0.25, 0.3) is 5.91 Å². The Bertz CT molecular complexity index is 724. The Morgan fingerprint density at radius 2 is 2.30 bits per heavy atom. The van der Waals surface area contributed by atoms with Crippen LogP contribution in [0.5, 0.6) is 0 Å². The smallest absolute Gasteiger partial charge is 0.255 e. The minimum atomic E-state index is -0.553. The lowest BCUT2D eigenvalue weighted by Crippen LogP contribution is -2.24. The number of halogens is 2. The molecule has 23 heavy (non-hydrogen) atoms. The number of aryl methyl sites for hydroxylation is 1. The van der Waals surface area contributed by atoms with Gasteiger partial charge in [-0.1, -0.05) is 0 Å². The summed E-state index contributed by atoms with van der Waals surface area (Å²) in [6.45, 7) is 1.10. The molecule has 7 heteroatoms. The van der Waals surface area contributed by atoms with Gasteiger partial charge in [0.1, 0.15) is 11.6 Å². The van der Waals surface area contributed by atoms with Gasteiger partial charge >= 0.3 is 0 Å². The van der Waals surface area contributed by atoms with E-state index in [1.54, 1.807) is 17.9 Å². The third-order valence-corrected chi connectivity index (χ3v) is 3.87. The van der Waals surface area contributed by atoms with Gasteiger partial charge < -0.3 is 10.1 Å². The second kappa shape index (κ2) is 6.45. The summed E-state index contributed by atoms with van der Waals surface area (Å²) in [7, 11) is 1.74. The predicted octanol–water partition coefficient (Wildman–Crippen LogP) is 2.13. The molecule has 1 aliphatic rings. The zero-order valence-electron chi connectivity index (χ0n) is 12.7. The minimum Gasteiger partial charge on any atom is -0.381 e. The van der Waals surface area contributed by atoms with E-state index in [1.165, 1.54) is 0 Å². The maximum atomic E-state index is 13.6. The molecule has 0 radical (unpaired) electrons. The lowest BCUT2D eigenvalue weighted by atomic mass is 10.0. The molecule has 122 valence electrons. The Labute approximate surface area is 132 Å². The van der Waals surface area contributed by atoms with Crippen LogP contribution < -0.4 is 5.32 Å². The van der Waals surface area contributed by atoms with E-state index in [2.05, 4.69) is 10.4 Å². The molecule has 0 saturated carbocycles. The first-order chi connectivity index (χ1) is 11.0. The molecule has 1 fully saturated rings. The third-order valence-electron chi connectivity index (χ3n) is 3.87. The largest absolute Gasteiger partial charge is 0.381 e. The van der Waals surface area contributed by atoms with Gasteiger partial charge in [0, 0.05) is 37.9 Å². The summed E-state index contributed by atoms with van der Waals surface area (Å²) in [5.41, 5.74) is 1.23. The Morgan fingerprint density at radius 3 is 3.04 bits per heavy atom. The van der Waals surface area contributed by atoms with Gasteiger partial charge in [-0.25, -0.2) is 8.78 Å². The van der Waals surface area contributed by atoms with Crippen LogP contribution in [0.25, 0.3) is 0 Å². The number of hydrogen-bond acceptors (Lipinski definition) is 3. The predicted molar refractivity (Wildman–Crippen MR) is 78.9 cm³/mol. The SMILES string of the molecule is Cn1cc(C(=O)NCc2cc(F)ccc2F)c([C@@H]2CCOC2)n1. The lowest BCUT2D eigenvalue weighted by Gasteiger charge is -2.09. The number of nitrogens with one attached hydrogen (secondary N) is 1. The van der Waals surface area contributed by atoms with E-state index < -0.39 is 11.6 Å². The average molecular weight is 321 g/mol. The molecule has 1 N–H and O–H groups in total. The fourth-order valence-corrected chi connectivity index (χ4v) is 2.68. The molecule has 2 heterocycles. The Balaban J connectivity index is 1.74. The second-order valence-electron chi connectivity index (χ2n) is 5.58. The Hall–Kier alpha value is -2.28. The number of hydrogen-bond donors (Lipinski definition) is 1. The van der Waals surface area contributed by atoms with Crippen LogP contribution in [0, 0.1) is 11.6 Å². The number of carbonyl (C=O) groups is 1. The van der Waals surface area contributed by atoms with Crippen LogP contribution in [0.15, 0.2) is 24.4 Å². The summed E-state index contributed by atoms with van der Waals surface area (Å²) in [6.07, 6.45) is 2.45. The molecule has 0 bridgehead atoms. The summed E-state index contributed by atoms with van der Waals surface area (Å²) < 4.78 is 33.7. The van der Waals surface area contributed by atoms with Crippen molar-refractivity contribution >= 4 is 5.91 Å². The Morgan fingerprint density at radius 1 is 1.48 bits per heavy atom. The van der Waals surface area contributed by atoms with Crippen LogP contribution in [0.2, 0.25) is 0 Å². The van der Waals surface area contributed by atoms with Crippen LogP contribution in [0.1, 0.15) is 34.0 Å². The van der Waals surface area contributed by atoms with Crippen LogP contribution in [0.4, 0.5) is 8.78 Å². The van der Waals surface area contributed by atoms with E-state index in [0.29, 0.717) is 24.5 Å². The van der Waals surface area contributed by atoms with Gasteiger partial charge in [-0.3, -0.25) is 9.48 Å². The summed E-state index contributed by atoms with van der Waals surface area (Å²) in [4.78, 5) is 12.4. The summed E-state index contributed by atoms with van der Waals surface area (Å²) in [6, 6.07) is 3.16. The number of nitrogens with zero attached hydrogens (tertiary/aromatic N) is 2. The zero-order chi connectivity index (χ0) is 16.4. The van der Waals surface area contributed by atoms with Gasteiger partial charge in [-0.2, -0.15) is 5.10 Å². The molecule has 0 unspecified atom stereocenters. The summed E-state index contributed by atoms with van der Waals surface area (Å²) >= 11 is 0. The number of ether oxygens (including phenoxy) is 1. The second-order valence-corrected chi connectivity index (χ2v) is 5.58. The van der Waals surface area contributed by atoms with E-state index in [9.17, 15) is 13.6 Å². The Kier molecular flexibility index (Phi) is 4.38. The van der Waals surface area contributed by atoms with E-state index in [1.807, 2.05) is 0 Å². The molecule has 2 aromatic rings. The lowest BCUT2D eigenvalue weighted by molar-refractivity contribution is 0.0949. The van der Waals surface area contributed by atoms with Crippen molar-refractivity contribution in [2.24, 2.45) is 7.05 Å². The molecule has 1 aromatic carbocycles. The van der Waals surface area contributed by atoms with Crippen molar-refractivity contribution in [1.82, 2.24) is 15.1 Å². The first-order valence-electron chi connectivity index (χ1n) is 7.38. The van der Waals surface area contributed by atoms with Crippen molar-refractivity contribution in [3.05, 3.63) is 52.9 Å². The van der Waals surface area contributed by atoms with E-state index in [4.69, 9.17) is 4.74 Å². The minimum absolute atomic E-state index is 0.0854. The molecule has 1 saturated heterocycles. The van der Waals surface area contributed by atoms with Crippen LogP contribution in [0.3, 0.4) is 0 Å². The highest BCUT2D eigenvalue weighted by Crippen LogP contribution is 2.26. The number of rotatable bonds is 4. The van der Waals surface area contributed by atoms with Gasteiger partial charge in [-0.05, 0) is 24.6 Å². The molecule has 0 spiro atoms. The normalized spacial score (nSPS) is 17.4. The maximum absolute atomic E-state index is 13.6. The first kappa shape index (κ1) is 15.6. The quantitative estimate of drug-likeness (QED) is 0.938. The number of aromatic nitrogens is 2. The van der Waals surface area contributed by atoms with Crippen molar-refractivity contribution in [1.29, 1.82) is 0 Å². The van der Waals surface area contributed by atoms with Crippen LogP contribution >= 0.6 is 0 Å². The molecule has 1 atom stereocenters. The molecule has 1 amide bonds. The summed E-state index contributed by atoms with van der Waals surface area (Å²) in [5.74, 6) is -1.37. The third kappa shape index (κ3) is 3.39. The van der Waals surface area contributed by atoms with Crippen molar-refractivity contribution < 1.29 is 18.3 Å². The van der Waals surface area contributed by atoms with E-state index in [-0.39, 0.29) is 23.9 Å². The molecule has 0 aliphatic carbocycles. The van der Waals surface area contributed by atoms with Crippen LogP contribution in [-0.2, 0) is 18.3 Å². The number of carbonyl (C=O) groups excluding carboxylic acids is 1. The van der Waals surface area contributed by atoms with Gasteiger partial charge in [0.05, 0.1) is 17.9 Å². The van der Waals surface area contributed by atoms with Gasteiger partial charge in [0.15, 0.2) is 0 Å². The monoisotopic (exact) mass is 321 g/mol. The highest BCUT2D eigenvalue weighted by molar-refractivity contribution is 5.95. The highest BCUT2D eigenvalue weighted by Gasteiger charge is 2.26. The molecule has 3 rings (SSSR count). The van der Waals surface area contributed by atoms with Crippen LogP contribution in [-0.4, -0.2) is 28.9 Å². The molecule has 5 nitrogen and oxygen atoms in total. The first-order valence-corrected chi connectivity index (χ1v) is 7.38. The van der Waals surface area contributed by atoms with Crippen molar-refractivity contribution in [3.63, 3.8) is 0 Å². The fraction of sp³-hybridized carbons (Fsp3) is 0.375. The van der Waals surface area contributed by atoms with Crippen molar-refractivity contribution in [3.8, 4) is 0 Å². The van der Waals surface area contributed by atoms with E-state index in [0.717, 1.165) is 24.6 Å². The number of amides is 1. The fourth-order valence-electron chi connectivity index (χ4n) is 2.68. The van der Waals surface area contributed by atoms with Gasteiger partial charge in [-0.15, -0.1) is 0 Å². The molecule has 1 aliphatic heterocycles. The maximum Gasteiger partial charge on any atom is 0.255 e. The zero-order valence-corrected chi connectivity index (χ0v) is 12.7.